The highest BCUT2D eigenvalue weighted by Crippen LogP contribution is 2.04. The van der Waals surface area contributed by atoms with Gasteiger partial charge >= 0.3 is 11.9 Å². The van der Waals surface area contributed by atoms with E-state index < -0.39 is 43.0 Å². The summed E-state index contributed by atoms with van der Waals surface area (Å²) in [5.41, 5.74) is 4.57. The predicted molar refractivity (Wildman–Crippen MR) is 55.4 cm³/mol. The van der Waals surface area contributed by atoms with Crippen molar-refractivity contribution < 1.29 is 45.3 Å². The molecule has 0 heterocycles. The third kappa shape index (κ3) is 7.89. The molecule has 0 aliphatic heterocycles. The molecule has 0 aliphatic rings. The van der Waals surface area contributed by atoms with Gasteiger partial charge in [0.15, 0.2) is 6.10 Å². The lowest BCUT2D eigenvalue weighted by Crippen LogP contribution is -2.48. The molecule has 0 fully saturated rings. The zero-order chi connectivity index (χ0) is 14.9. The minimum absolute atomic E-state index is 0.278. The monoisotopic (exact) mass is 271 g/mol. The van der Waals surface area contributed by atoms with E-state index in [2.05, 4.69) is 5.73 Å². The number of aliphatic carboxylic acids is 2. The largest absolute Gasteiger partial charge is 0.480 e. The number of aliphatic hydroxyl groups is 5. The van der Waals surface area contributed by atoms with Gasteiger partial charge in [-0.2, -0.15) is 0 Å². The first-order chi connectivity index (χ1) is 8.18. The Morgan fingerprint density at radius 3 is 1.61 bits per heavy atom. The van der Waals surface area contributed by atoms with Crippen LogP contribution in [0, 0.1) is 0 Å². The molecule has 18 heavy (non-hydrogen) atoms. The van der Waals surface area contributed by atoms with Crippen molar-refractivity contribution in [2.24, 2.45) is 5.73 Å². The van der Waals surface area contributed by atoms with Gasteiger partial charge in [0.05, 0.1) is 13.2 Å². The lowest BCUT2D eigenvalue weighted by Gasteiger charge is -2.23. The van der Waals surface area contributed by atoms with Crippen molar-refractivity contribution in [2.45, 2.75) is 24.4 Å². The highest BCUT2D eigenvalue weighted by Gasteiger charge is 2.33. The van der Waals surface area contributed by atoms with Crippen LogP contribution in [0.25, 0.3) is 0 Å². The molecular weight excluding hydrogens is 254 g/mol. The second-order valence-electron chi connectivity index (χ2n) is 3.11. The molecule has 4 atom stereocenters. The molecule has 0 saturated carbocycles. The van der Waals surface area contributed by atoms with Gasteiger partial charge in [-0.25, -0.2) is 4.79 Å². The maximum absolute atomic E-state index is 10.1. The Kier molecular flexibility index (Phi) is 10.3. The van der Waals surface area contributed by atoms with Gasteiger partial charge in [-0.15, -0.1) is 0 Å². The van der Waals surface area contributed by atoms with E-state index in [-0.39, 0.29) is 6.54 Å². The van der Waals surface area contributed by atoms with Gasteiger partial charge in [0.25, 0.3) is 0 Å². The van der Waals surface area contributed by atoms with Crippen LogP contribution in [0.2, 0.25) is 0 Å². The van der Waals surface area contributed by atoms with E-state index >= 15 is 0 Å². The third-order valence-electron chi connectivity index (χ3n) is 1.68. The maximum atomic E-state index is 10.1. The number of carbonyl (C=O) groups is 2. The third-order valence-corrected chi connectivity index (χ3v) is 1.68. The van der Waals surface area contributed by atoms with Crippen molar-refractivity contribution in [3.63, 3.8) is 0 Å². The standard InChI is InChI=1S/C6H12O7.C2H5NO2/c7-1-2(8)3(9)4(10)5(11)6(12)13;3-1-2(4)5/h2-5,7-11H,1H2,(H,12,13);1,3H2,(H,4,5)/t2-,3-,4+,5-;/m1./s1. The summed E-state index contributed by atoms with van der Waals surface area (Å²) < 4.78 is 0. The maximum Gasteiger partial charge on any atom is 0.335 e. The topological polar surface area (TPSA) is 202 Å². The molecule has 0 unspecified atom stereocenters. The molecule has 0 aromatic carbocycles. The molecule has 0 radical (unpaired) electrons. The van der Waals surface area contributed by atoms with Crippen LogP contribution in [0.15, 0.2) is 0 Å². The Balaban J connectivity index is 0. The molecule has 0 aromatic heterocycles. The number of rotatable bonds is 6. The smallest absolute Gasteiger partial charge is 0.335 e. The van der Waals surface area contributed by atoms with Crippen molar-refractivity contribution in [1.82, 2.24) is 0 Å². The first-order valence-electron chi connectivity index (χ1n) is 4.66. The summed E-state index contributed by atoms with van der Waals surface area (Å²) in [6.07, 6.45) is -7.84. The van der Waals surface area contributed by atoms with Gasteiger partial charge in [-0.1, -0.05) is 0 Å². The van der Waals surface area contributed by atoms with Gasteiger partial charge in [-0.05, 0) is 0 Å². The quantitative estimate of drug-likeness (QED) is 0.233. The Labute approximate surface area is 102 Å². The molecule has 0 aromatic rings. The predicted octanol–water partition coefficient (Wildman–Crippen LogP) is -4.46. The van der Waals surface area contributed by atoms with E-state index in [0.29, 0.717) is 0 Å². The van der Waals surface area contributed by atoms with Crippen molar-refractivity contribution >= 4 is 11.9 Å². The minimum atomic E-state index is -2.20. The fourth-order valence-corrected chi connectivity index (χ4v) is 0.668. The first-order valence-corrected chi connectivity index (χ1v) is 4.66. The molecule has 108 valence electrons. The van der Waals surface area contributed by atoms with E-state index in [1.54, 1.807) is 0 Å². The van der Waals surface area contributed by atoms with Crippen molar-refractivity contribution in [1.29, 1.82) is 0 Å². The molecule has 0 rings (SSSR count). The van der Waals surface area contributed by atoms with Crippen LogP contribution in [-0.2, 0) is 9.59 Å². The van der Waals surface area contributed by atoms with Gasteiger partial charge in [-0.3, -0.25) is 4.79 Å². The zero-order valence-corrected chi connectivity index (χ0v) is 9.25. The highest BCUT2D eigenvalue weighted by molar-refractivity contribution is 5.72. The van der Waals surface area contributed by atoms with E-state index in [1.807, 2.05) is 0 Å². The Hall–Kier alpha value is -1.30. The molecule has 0 spiro atoms. The van der Waals surface area contributed by atoms with E-state index in [4.69, 9.17) is 35.7 Å². The van der Waals surface area contributed by atoms with Gasteiger partial charge in [0, 0.05) is 0 Å². The van der Waals surface area contributed by atoms with Crippen molar-refractivity contribution in [2.75, 3.05) is 13.2 Å². The summed E-state index contributed by atoms with van der Waals surface area (Å²) in [7, 11) is 0. The van der Waals surface area contributed by atoms with Crippen LogP contribution in [0.1, 0.15) is 0 Å². The fourth-order valence-electron chi connectivity index (χ4n) is 0.668. The molecule has 0 amide bonds. The number of nitrogens with two attached hydrogens (primary N) is 1. The lowest BCUT2D eigenvalue weighted by molar-refractivity contribution is -0.164. The average molecular weight is 271 g/mol. The highest BCUT2D eigenvalue weighted by atomic mass is 16.4. The van der Waals surface area contributed by atoms with Crippen molar-refractivity contribution in [3.05, 3.63) is 0 Å². The summed E-state index contributed by atoms with van der Waals surface area (Å²) in [4.78, 5) is 19.3. The molecule has 9 N–H and O–H groups in total. The number of hydrogen-bond donors (Lipinski definition) is 8. The van der Waals surface area contributed by atoms with Gasteiger partial charge < -0.3 is 41.5 Å². The zero-order valence-electron chi connectivity index (χ0n) is 9.25. The second-order valence-corrected chi connectivity index (χ2v) is 3.11. The number of carboxylic acids is 2. The van der Waals surface area contributed by atoms with Gasteiger partial charge in [0.2, 0.25) is 0 Å². The van der Waals surface area contributed by atoms with E-state index in [9.17, 15) is 9.59 Å². The van der Waals surface area contributed by atoms with Crippen LogP contribution in [-0.4, -0.2) is 85.3 Å². The fraction of sp³-hybridized carbons (Fsp3) is 0.750. The van der Waals surface area contributed by atoms with Crippen LogP contribution < -0.4 is 5.73 Å². The van der Waals surface area contributed by atoms with Crippen LogP contribution in [0.4, 0.5) is 0 Å². The summed E-state index contributed by atoms with van der Waals surface area (Å²) >= 11 is 0. The molecule has 0 aliphatic carbocycles. The van der Waals surface area contributed by atoms with E-state index in [0.717, 1.165) is 0 Å². The van der Waals surface area contributed by atoms with Crippen LogP contribution in [0.5, 0.6) is 0 Å². The summed E-state index contributed by atoms with van der Waals surface area (Å²) in [6.45, 7) is -1.12. The lowest BCUT2D eigenvalue weighted by atomic mass is 10.0. The number of hydrogen-bond acceptors (Lipinski definition) is 8. The molecule has 10 heteroatoms. The van der Waals surface area contributed by atoms with E-state index in [1.165, 1.54) is 0 Å². The molecule has 0 saturated heterocycles. The minimum Gasteiger partial charge on any atom is -0.480 e. The summed E-state index contributed by atoms with van der Waals surface area (Å²) in [5.74, 6) is -2.69. The van der Waals surface area contributed by atoms with Crippen LogP contribution in [0.3, 0.4) is 0 Å². The normalized spacial score (nSPS) is 16.8. The molecule has 10 nitrogen and oxygen atoms in total. The molecule has 0 bridgehead atoms. The Bertz CT molecular complexity index is 259. The van der Waals surface area contributed by atoms with Gasteiger partial charge in [0.1, 0.15) is 18.3 Å². The average Bonchev–Trinajstić information content (AvgIpc) is 2.35. The SMILES string of the molecule is NCC(=O)O.O=C(O)[C@H](O)[C@@H](O)[C@H](O)[C@H](O)CO. The Morgan fingerprint density at radius 1 is 1.00 bits per heavy atom. The van der Waals surface area contributed by atoms with Crippen molar-refractivity contribution in [3.8, 4) is 0 Å². The Morgan fingerprint density at radius 2 is 1.39 bits per heavy atom. The molecular formula is C8H17NO9. The summed E-state index contributed by atoms with van der Waals surface area (Å²) in [6, 6.07) is 0. The van der Waals surface area contributed by atoms with Crippen LogP contribution >= 0.6 is 0 Å². The summed E-state index contributed by atoms with van der Waals surface area (Å²) in [5, 5.41) is 59.4. The second kappa shape index (κ2) is 9.70. The first kappa shape index (κ1) is 19.0. The number of carboxylic acid groups (broad SMARTS) is 2. The number of aliphatic hydroxyl groups excluding tert-OH is 5.